The van der Waals surface area contributed by atoms with Crippen molar-refractivity contribution in [3.05, 3.63) is 0 Å². The molecular weight excluding hydrogens is 1470 g/mol. The van der Waals surface area contributed by atoms with Gasteiger partial charge in [-0.1, -0.05) is 116 Å². The minimum Gasteiger partial charge on any atom is -0.368 e. The van der Waals surface area contributed by atoms with Crippen molar-refractivity contribution in [2.24, 2.45) is 11.5 Å². The summed E-state index contributed by atoms with van der Waals surface area (Å²) in [6, 6.07) is -3.66. The van der Waals surface area contributed by atoms with Gasteiger partial charge in [-0.3, -0.25) is 57.5 Å². The van der Waals surface area contributed by atoms with Gasteiger partial charge in [0.05, 0.1) is 39.3 Å². The standard InChI is InChI=1S/C84H165N19O12/c85-55-31-13-1-7-19-50-74(105)99-68(44-26-33-57-87)80(111)94-63-39-15-3-9-21-52-76(107)101-70(46-28-35-59-89)82(113)96-65-41-17-5-11-23-54-78(109)103-72(48-30-37-61-91)84(115)97-66-42-18-6-12-24-53-77(108)102-71(47-29-36-60-90)83(114)95-64-40-16-4-10-22-51-75(106)100-69(45-27-34-58-88)81(112)93-62-38-14-2-8-20-49-73(104)98-67(79(92)110)43-25-32-56-86/h67-72H,1-66,85-91H2,(H2,92,110)(H,93,112)(H,94,111)(H,95,114)(H,96,113)(H,97,115)(H,98,104)(H,99,105)(H,100,106)(H,101,107)(H,102,108)(H,103,109)/p+6. The lowest BCUT2D eigenvalue weighted by molar-refractivity contribution is -0.368. The van der Waals surface area contributed by atoms with E-state index in [1.54, 1.807) is 0 Å². The number of rotatable bonds is 83. The molecule has 6 unspecified atom stereocenters. The van der Waals surface area contributed by atoms with Crippen LogP contribution in [0.25, 0.3) is 0 Å². The average molecular weight is 1640 g/mol. The lowest BCUT2D eigenvalue weighted by atomic mass is 10.1. The van der Waals surface area contributed by atoms with Crippen LogP contribution in [0.15, 0.2) is 0 Å². The van der Waals surface area contributed by atoms with Gasteiger partial charge in [-0.2, -0.15) is 0 Å². The summed E-state index contributed by atoms with van der Waals surface area (Å²) in [4.78, 5) is 155. The van der Waals surface area contributed by atoms with Gasteiger partial charge in [-0.15, -0.1) is 0 Å². The summed E-state index contributed by atoms with van der Waals surface area (Å²) in [7, 11) is 0. The smallest absolute Gasteiger partial charge is 0.242 e. The highest BCUT2D eigenvalue weighted by atomic mass is 16.2. The molecule has 6 atom stereocenters. The number of carbonyl (C=O) groups excluding carboxylic acids is 12. The van der Waals surface area contributed by atoms with E-state index in [2.05, 4.69) is 92.9 Å². The minimum absolute atomic E-state index is 0.0848. The Hall–Kier alpha value is -6.64. The Morgan fingerprint density at radius 1 is 0.200 bits per heavy atom. The molecule has 0 radical (unpaired) electrons. The van der Waals surface area contributed by atoms with Crippen LogP contribution >= 0.6 is 0 Å². The summed E-state index contributed by atoms with van der Waals surface area (Å²) < 4.78 is 0. The Kier molecular flexibility index (Phi) is 74.0. The largest absolute Gasteiger partial charge is 0.368 e. The van der Waals surface area contributed by atoms with Crippen molar-refractivity contribution >= 4 is 70.9 Å². The number of nitrogens with one attached hydrogen (secondary N) is 11. The minimum atomic E-state index is -0.649. The molecule has 0 aromatic heterocycles. The van der Waals surface area contributed by atoms with Crippen molar-refractivity contribution in [2.45, 2.75) is 383 Å². The highest BCUT2D eigenvalue weighted by Gasteiger charge is 2.26. The molecule has 0 aromatic carbocycles. The van der Waals surface area contributed by atoms with Gasteiger partial charge in [0, 0.05) is 71.2 Å². The number of amides is 12. The predicted octanol–water partition coefficient (Wildman–Crippen LogP) is 1.44. The van der Waals surface area contributed by atoms with Crippen LogP contribution in [0.3, 0.4) is 0 Å². The molecule has 0 saturated heterocycles. The van der Waals surface area contributed by atoms with E-state index >= 15 is 0 Å². The van der Waals surface area contributed by atoms with Crippen molar-refractivity contribution in [3.63, 3.8) is 0 Å². The molecule has 0 aliphatic carbocycles. The first kappa shape index (κ1) is 108. The Balaban J connectivity index is 4.62. The number of primary amides is 1. The molecule has 0 fully saturated rings. The maximum atomic E-state index is 13.4. The molecule has 115 heavy (non-hydrogen) atoms. The van der Waals surface area contributed by atoms with Crippen molar-refractivity contribution < 1.29 is 91.9 Å². The van der Waals surface area contributed by atoms with E-state index in [0.29, 0.717) is 148 Å². The van der Waals surface area contributed by atoms with Crippen molar-refractivity contribution in [2.75, 3.05) is 78.5 Å². The third-order valence-corrected chi connectivity index (χ3v) is 20.9. The first-order valence-electron chi connectivity index (χ1n) is 45.7. The molecule has 0 aromatic rings. The molecule has 0 heterocycles. The number of quaternary nitrogens is 6. The topological polar surface area (TPSA) is 555 Å². The number of unbranched alkanes of at least 4 members (excludes halogenated alkanes) is 30. The number of hydrogen-bond donors (Lipinski definition) is 19. The number of carbonyl (C=O) groups is 12. The van der Waals surface area contributed by atoms with Gasteiger partial charge in [0.2, 0.25) is 70.9 Å². The second-order valence-corrected chi connectivity index (χ2v) is 31.6. The van der Waals surface area contributed by atoms with Gasteiger partial charge in [-0.05, 0) is 199 Å². The van der Waals surface area contributed by atoms with E-state index in [1.165, 1.54) is 0 Å². The highest BCUT2D eigenvalue weighted by Crippen LogP contribution is 2.15. The predicted molar refractivity (Wildman–Crippen MR) is 451 cm³/mol. The SMILES string of the molecule is NCCCCCCCC(=O)NC(CCCC[NH3+])C(=O)NCCCCCCCC(=O)NC(CCCC[NH3+])C(=O)NCCCCCCCC(=O)NC(CCCC[NH3+])C(=O)NCCCCCCCC(=O)NC(CCCC[NH3+])C(=O)NCCCCCCCC(=O)NC(CCCC[NH3+])C(=O)NCCCCCCCC(=O)NC(CCCC[NH3+])C(N)=O. The fraction of sp³-hybridized carbons (Fsp3) is 0.857. The van der Waals surface area contributed by atoms with E-state index in [1.807, 2.05) is 0 Å². The lowest BCUT2D eigenvalue weighted by Crippen LogP contribution is -2.50. The number of hydrogen-bond acceptors (Lipinski definition) is 13. The fourth-order valence-electron chi connectivity index (χ4n) is 13.7. The van der Waals surface area contributed by atoms with Gasteiger partial charge in [0.25, 0.3) is 0 Å². The molecule has 0 aliphatic heterocycles. The quantitative estimate of drug-likeness (QED) is 0.0384. The first-order valence-corrected chi connectivity index (χ1v) is 45.7. The Bertz CT molecular complexity index is 2540. The van der Waals surface area contributed by atoms with Gasteiger partial charge in [-0.25, -0.2) is 0 Å². The van der Waals surface area contributed by atoms with Crippen LogP contribution in [0.4, 0.5) is 0 Å². The monoisotopic (exact) mass is 1640 g/mol. The van der Waals surface area contributed by atoms with Crippen molar-refractivity contribution in [3.8, 4) is 0 Å². The highest BCUT2D eigenvalue weighted by molar-refractivity contribution is 5.90. The molecule has 31 heteroatoms. The van der Waals surface area contributed by atoms with E-state index < -0.39 is 42.2 Å². The van der Waals surface area contributed by atoms with Crippen LogP contribution in [-0.2, 0) is 57.5 Å². The van der Waals surface area contributed by atoms with E-state index in [0.717, 1.165) is 277 Å². The molecule has 668 valence electrons. The molecule has 12 amide bonds. The third kappa shape index (κ3) is 66.0. The van der Waals surface area contributed by atoms with Crippen LogP contribution in [0.2, 0.25) is 0 Å². The summed E-state index contributed by atoms with van der Waals surface area (Å²) in [6.07, 6.45) is 40.4. The van der Waals surface area contributed by atoms with Gasteiger partial charge < -0.3 is 104 Å². The summed E-state index contributed by atoms with van der Waals surface area (Å²) in [5.41, 5.74) is 34.4. The maximum Gasteiger partial charge on any atom is 0.242 e. The van der Waals surface area contributed by atoms with Crippen molar-refractivity contribution in [1.82, 2.24) is 58.5 Å². The van der Waals surface area contributed by atoms with Crippen LogP contribution in [0, 0.1) is 0 Å². The zero-order valence-electron chi connectivity index (χ0n) is 71.9. The molecule has 0 spiro atoms. The average Bonchev–Trinajstić information content (AvgIpc) is 0.939. The van der Waals surface area contributed by atoms with Crippen LogP contribution in [0.5, 0.6) is 0 Å². The van der Waals surface area contributed by atoms with Crippen LogP contribution in [-0.4, -0.2) is 186 Å². The molecule has 0 saturated carbocycles. The van der Waals surface area contributed by atoms with E-state index in [-0.39, 0.29) is 65.0 Å². The zero-order chi connectivity index (χ0) is 84.8. The summed E-state index contributed by atoms with van der Waals surface area (Å²) >= 11 is 0. The molecule has 0 bridgehead atoms. The number of nitrogens with two attached hydrogens (primary N) is 2. The van der Waals surface area contributed by atoms with Gasteiger partial charge in [0.1, 0.15) is 36.3 Å². The normalized spacial score (nSPS) is 12.8. The van der Waals surface area contributed by atoms with Crippen molar-refractivity contribution in [1.29, 1.82) is 0 Å². The second-order valence-electron chi connectivity index (χ2n) is 31.6. The second kappa shape index (κ2) is 78.5. The molecule has 31 nitrogen and oxygen atoms in total. The first-order chi connectivity index (χ1) is 55.8. The lowest BCUT2D eigenvalue weighted by Gasteiger charge is -2.19. The summed E-state index contributed by atoms with van der Waals surface area (Å²) in [5, 5.41) is 32.7. The summed E-state index contributed by atoms with van der Waals surface area (Å²) in [6.45, 7) is 7.70. The molecule has 33 N–H and O–H groups in total. The maximum absolute atomic E-state index is 13.4. The Morgan fingerprint density at radius 2 is 0.357 bits per heavy atom. The van der Waals surface area contributed by atoms with Gasteiger partial charge >= 0.3 is 0 Å². The molecular formula is C84H171N19O12+6. The van der Waals surface area contributed by atoms with E-state index in [9.17, 15) is 57.5 Å². The molecule has 0 rings (SSSR count). The molecule has 0 aliphatic rings. The van der Waals surface area contributed by atoms with Crippen LogP contribution in [0.1, 0.15) is 347 Å². The van der Waals surface area contributed by atoms with Crippen LogP contribution < -0.4 is 104 Å². The van der Waals surface area contributed by atoms with Gasteiger partial charge in [0.15, 0.2) is 0 Å². The zero-order valence-corrected chi connectivity index (χ0v) is 71.9. The Morgan fingerprint density at radius 3 is 0.530 bits per heavy atom. The van der Waals surface area contributed by atoms with E-state index in [4.69, 9.17) is 11.5 Å². The Labute approximate surface area is 691 Å². The third-order valence-electron chi connectivity index (χ3n) is 20.9. The fourth-order valence-corrected chi connectivity index (χ4v) is 13.7. The summed E-state index contributed by atoms with van der Waals surface area (Å²) in [5.74, 6) is -2.27.